The molecule has 1 aliphatic carbocycles. The van der Waals surface area contributed by atoms with Crippen LogP contribution >= 0.6 is 0 Å². The molecular formula is C9H9F2NO. The van der Waals surface area contributed by atoms with Crippen molar-refractivity contribution in [2.45, 2.75) is 18.1 Å². The Hall–Kier alpha value is -1.00. The van der Waals surface area contributed by atoms with E-state index in [1.807, 2.05) is 0 Å². The van der Waals surface area contributed by atoms with Gasteiger partial charge in [-0.05, 0) is 5.56 Å². The second kappa shape index (κ2) is 2.49. The van der Waals surface area contributed by atoms with E-state index in [-0.39, 0.29) is 5.56 Å². The minimum Gasteiger partial charge on any atom is -0.384 e. The van der Waals surface area contributed by atoms with Crippen molar-refractivity contribution in [3.8, 4) is 0 Å². The molecule has 0 unspecified atom stereocenters. The average Bonchev–Trinajstić information content (AvgIpc) is 2.30. The van der Waals surface area contributed by atoms with Gasteiger partial charge in [0.15, 0.2) is 0 Å². The van der Waals surface area contributed by atoms with Crippen molar-refractivity contribution in [1.29, 1.82) is 0 Å². The van der Waals surface area contributed by atoms with Crippen molar-refractivity contribution in [3.63, 3.8) is 0 Å². The van der Waals surface area contributed by atoms with Crippen molar-refractivity contribution in [3.05, 3.63) is 35.4 Å². The maximum absolute atomic E-state index is 13.3. The van der Waals surface area contributed by atoms with Crippen molar-refractivity contribution < 1.29 is 13.9 Å². The molecule has 0 amide bonds. The summed E-state index contributed by atoms with van der Waals surface area (Å²) in [7, 11) is 0. The van der Waals surface area contributed by atoms with Gasteiger partial charge in [0.25, 0.3) is 0 Å². The molecule has 1 aromatic rings. The molecular weight excluding hydrogens is 176 g/mol. The van der Waals surface area contributed by atoms with Crippen LogP contribution in [0.2, 0.25) is 0 Å². The molecule has 0 spiro atoms. The summed E-state index contributed by atoms with van der Waals surface area (Å²) in [5.41, 5.74) is 5.61. The van der Waals surface area contributed by atoms with E-state index >= 15 is 0 Å². The van der Waals surface area contributed by atoms with E-state index in [1.165, 1.54) is 18.2 Å². The number of halogens is 2. The Kier molecular flexibility index (Phi) is 1.65. The Morgan fingerprint density at radius 2 is 1.92 bits per heavy atom. The van der Waals surface area contributed by atoms with Gasteiger partial charge < -0.3 is 10.8 Å². The summed E-state index contributed by atoms with van der Waals surface area (Å²) in [4.78, 5) is 0. The highest BCUT2D eigenvalue weighted by Crippen LogP contribution is 2.45. The molecule has 0 aromatic heterocycles. The molecule has 13 heavy (non-hydrogen) atoms. The van der Waals surface area contributed by atoms with Crippen LogP contribution in [0.15, 0.2) is 24.3 Å². The molecule has 4 heteroatoms. The zero-order chi connectivity index (χ0) is 9.64. The fourth-order valence-electron chi connectivity index (χ4n) is 1.65. The van der Waals surface area contributed by atoms with Crippen LogP contribution < -0.4 is 5.73 Å². The van der Waals surface area contributed by atoms with E-state index in [4.69, 9.17) is 5.73 Å². The molecule has 0 fully saturated rings. The minimum atomic E-state index is -3.21. The molecule has 1 aromatic carbocycles. The van der Waals surface area contributed by atoms with E-state index in [2.05, 4.69) is 0 Å². The lowest BCUT2D eigenvalue weighted by Crippen LogP contribution is -2.32. The molecule has 0 saturated carbocycles. The normalized spacial score (nSPS) is 30.2. The van der Waals surface area contributed by atoms with Gasteiger partial charge in [0, 0.05) is 5.56 Å². The highest BCUT2D eigenvalue weighted by molar-refractivity contribution is 5.40. The summed E-state index contributed by atoms with van der Waals surface area (Å²) in [5.74, 6) is -3.21. The van der Waals surface area contributed by atoms with Crippen LogP contribution in [-0.2, 0) is 5.92 Å². The molecule has 0 aliphatic heterocycles. The maximum atomic E-state index is 13.3. The third-order valence-corrected chi connectivity index (χ3v) is 2.39. The lowest BCUT2D eigenvalue weighted by atomic mass is 10.1. The second-order valence-electron chi connectivity index (χ2n) is 3.18. The summed E-state index contributed by atoms with van der Waals surface area (Å²) in [5, 5.41) is 9.17. The van der Waals surface area contributed by atoms with Gasteiger partial charge in [-0.3, -0.25) is 0 Å². The predicted molar refractivity (Wildman–Crippen MR) is 43.3 cm³/mol. The van der Waals surface area contributed by atoms with Crippen LogP contribution in [0.3, 0.4) is 0 Å². The van der Waals surface area contributed by atoms with Gasteiger partial charge in [-0.1, -0.05) is 24.3 Å². The highest BCUT2D eigenvalue weighted by Gasteiger charge is 2.51. The van der Waals surface area contributed by atoms with E-state index in [0.29, 0.717) is 5.56 Å². The molecule has 0 bridgehead atoms. The molecule has 1 aliphatic rings. The minimum absolute atomic E-state index is 0.157. The lowest BCUT2D eigenvalue weighted by molar-refractivity contribution is -0.110. The number of aliphatic hydroxyl groups is 1. The fraction of sp³-hybridized carbons (Fsp3) is 0.333. The molecule has 2 atom stereocenters. The van der Waals surface area contributed by atoms with Crippen LogP contribution in [0.1, 0.15) is 17.2 Å². The maximum Gasteiger partial charge on any atom is 0.300 e. The molecule has 70 valence electrons. The number of fused-ring (bicyclic) bond motifs is 1. The van der Waals surface area contributed by atoms with Crippen molar-refractivity contribution in [1.82, 2.24) is 0 Å². The summed E-state index contributed by atoms with van der Waals surface area (Å²) >= 11 is 0. The highest BCUT2D eigenvalue weighted by atomic mass is 19.3. The first-order valence-electron chi connectivity index (χ1n) is 3.96. The predicted octanol–water partition coefficient (Wildman–Crippen LogP) is 1.15. The molecule has 3 N–H and O–H groups in total. The van der Waals surface area contributed by atoms with Gasteiger partial charge in [-0.2, -0.15) is 8.78 Å². The molecule has 2 nitrogen and oxygen atoms in total. The molecule has 0 radical (unpaired) electrons. The molecule has 0 heterocycles. The standard InChI is InChI=1S/C9H9F2NO/c10-9(11)6-4-2-1-3-5(6)7(12)8(9)13/h1-4,7-8,13H,12H2/t7-,8+/m1/s1. The van der Waals surface area contributed by atoms with E-state index in [0.717, 1.165) is 0 Å². The number of rotatable bonds is 0. The third kappa shape index (κ3) is 0.990. The van der Waals surface area contributed by atoms with Gasteiger partial charge in [-0.15, -0.1) is 0 Å². The van der Waals surface area contributed by atoms with Crippen molar-refractivity contribution in [2.75, 3.05) is 0 Å². The first kappa shape index (κ1) is 8.59. The van der Waals surface area contributed by atoms with Gasteiger partial charge in [-0.25, -0.2) is 0 Å². The zero-order valence-corrected chi connectivity index (χ0v) is 6.74. The zero-order valence-electron chi connectivity index (χ0n) is 6.74. The van der Waals surface area contributed by atoms with E-state index in [1.54, 1.807) is 6.07 Å². The number of alkyl halides is 2. The summed E-state index contributed by atoms with van der Waals surface area (Å²) in [6, 6.07) is 4.98. The van der Waals surface area contributed by atoms with Crippen LogP contribution in [0.4, 0.5) is 8.78 Å². The Bertz CT molecular complexity index is 340. The molecule has 2 rings (SSSR count). The topological polar surface area (TPSA) is 46.2 Å². The van der Waals surface area contributed by atoms with Gasteiger partial charge in [0.05, 0.1) is 6.04 Å². The van der Waals surface area contributed by atoms with Crippen LogP contribution in [-0.4, -0.2) is 11.2 Å². The van der Waals surface area contributed by atoms with Gasteiger partial charge >= 0.3 is 5.92 Å². The lowest BCUT2D eigenvalue weighted by Gasteiger charge is -2.16. The van der Waals surface area contributed by atoms with Gasteiger partial charge in [0.2, 0.25) is 0 Å². The third-order valence-electron chi connectivity index (χ3n) is 2.39. The smallest absolute Gasteiger partial charge is 0.300 e. The van der Waals surface area contributed by atoms with E-state index in [9.17, 15) is 13.9 Å². The van der Waals surface area contributed by atoms with Crippen LogP contribution in [0.5, 0.6) is 0 Å². The first-order chi connectivity index (χ1) is 6.05. The quantitative estimate of drug-likeness (QED) is 0.637. The average molecular weight is 185 g/mol. The Morgan fingerprint density at radius 3 is 2.54 bits per heavy atom. The van der Waals surface area contributed by atoms with Crippen molar-refractivity contribution >= 4 is 0 Å². The van der Waals surface area contributed by atoms with Crippen molar-refractivity contribution in [2.24, 2.45) is 5.73 Å². The van der Waals surface area contributed by atoms with E-state index < -0.39 is 18.1 Å². The summed E-state index contributed by atoms with van der Waals surface area (Å²) in [6.07, 6.45) is -1.80. The second-order valence-corrected chi connectivity index (χ2v) is 3.18. The number of hydrogen-bond acceptors (Lipinski definition) is 2. The van der Waals surface area contributed by atoms with Crippen LogP contribution in [0.25, 0.3) is 0 Å². The Balaban J connectivity index is 2.61. The number of nitrogens with two attached hydrogens (primary N) is 1. The van der Waals surface area contributed by atoms with Crippen LogP contribution in [0, 0.1) is 0 Å². The SMILES string of the molecule is N[C@@H]1c2ccccc2C(F)(F)[C@H]1O. The largest absolute Gasteiger partial charge is 0.384 e. The number of aliphatic hydroxyl groups excluding tert-OH is 1. The number of hydrogen-bond donors (Lipinski definition) is 2. The monoisotopic (exact) mass is 185 g/mol. The fourth-order valence-corrected chi connectivity index (χ4v) is 1.65. The Morgan fingerprint density at radius 1 is 1.31 bits per heavy atom. The summed E-state index contributed by atoms with van der Waals surface area (Å²) < 4.78 is 26.5. The summed E-state index contributed by atoms with van der Waals surface area (Å²) in [6.45, 7) is 0. The molecule has 0 saturated heterocycles. The first-order valence-corrected chi connectivity index (χ1v) is 3.96. The van der Waals surface area contributed by atoms with Gasteiger partial charge in [0.1, 0.15) is 6.10 Å². The number of benzene rings is 1. The Labute approximate surface area is 74.0 Å².